The molecule has 0 unspecified atom stereocenters. The fourth-order valence-electron chi connectivity index (χ4n) is 3.87. The zero-order chi connectivity index (χ0) is 18.8. The highest BCUT2D eigenvalue weighted by atomic mass is 16.5. The lowest BCUT2D eigenvalue weighted by Crippen LogP contribution is -2.38. The van der Waals surface area contributed by atoms with Crippen LogP contribution in [-0.4, -0.2) is 28.5 Å². The molecule has 1 N–H and O–H groups in total. The number of nitrogens with one attached hydrogen (secondary N) is 1. The Balaban J connectivity index is 1.46. The molecule has 1 aromatic heterocycles. The van der Waals surface area contributed by atoms with Gasteiger partial charge in [-0.15, -0.1) is 0 Å². The summed E-state index contributed by atoms with van der Waals surface area (Å²) in [6.45, 7) is 4.48. The number of nitrogens with zero attached hydrogens (tertiary/aromatic N) is 2. The lowest BCUT2D eigenvalue weighted by Gasteiger charge is -2.19. The van der Waals surface area contributed by atoms with Crippen LogP contribution < -0.4 is 10.1 Å². The second kappa shape index (κ2) is 7.51. The molecule has 27 heavy (non-hydrogen) atoms. The van der Waals surface area contributed by atoms with Gasteiger partial charge in [0, 0.05) is 23.7 Å². The highest BCUT2D eigenvalue weighted by Gasteiger charge is 2.28. The number of para-hydroxylation sites is 1. The van der Waals surface area contributed by atoms with Crippen molar-refractivity contribution in [1.29, 1.82) is 0 Å². The van der Waals surface area contributed by atoms with Crippen LogP contribution in [-0.2, 0) is 11.2 Å². The number of ether oxygens (including phenoxy) is 1. The minimum absolute atomic E-state index is 0.0462. The first-order chi connectivity index (χ1) is 13.1. The molecule has 2 aliphatic rings. The number of fused-ring (bicyclic) bond motifs is 1. The molecule has 2 atom stereocenters. The summed E-state index contributed by atoms with van der Waals surface area (Å²) < 4.78 is 6.20. The number of rotatable bonds is 4. The summed E-state index contributed by atoms with van der Waals surface area (Å²) >= 11 is 0. The molecule has 2 aromatic rings. The van der Waals surface area contributed by atoms with E-state index in [2.05, 4.69) is 33.5 Å². The largest absolute Gasteiger partial charge is 0.487 e. The highest BCUT2D eigenvalue weighted by Crippen LogP contribution is 2.37. The van der Waals surface area contributed by atoms with Crippen molar-refractivity contribution in [3.05, 3.63) is 53.4 Å². The second-order valence-electron chi connectivity index (χ2n) is 7.44. The maximum Gasteiger partial charge on any atom is 0.223 e. The molecule has 1 aromatic carbocycles. The number of carbonyl (C=O) groups excluding carboxylic acids is 1. The van der Waals surface area contributed by atoms with E-state index in [1.54, 1.807) is 0 Å². The van der Waals surface area contributed by atoms with E-state index in [-0.39, 0.29) is 17.9 Å². The summed E-state index contributed by atoms with van der Waals surface area (Å²) in [4.78, 5) is 21.5. The number of carbonyl (C=O) groups is 1. The molecule has 1 aliphatic heterocycles. The number of hydrogen-bond acceptors (Lipinski definition) is 4. The molecule has 4 rings (SSSR count). The van der Waals surface area contributed by atoms with Gasteiger partial charge < -0.3 is 10.1 Å². The van der Waals surface area contributed by atoms with Crippen molar-refractivity contribution in [2.24, 2.45) is 5.92 Å². The Hall–Kier alpha value is -2.69. The predicted octanol–water partition coefficient (Wildman–Crippen LogP) is 3.54. The predicted molar refractivity (Wildman–Crippen MR) is 105 cm³/mol. The van der Waals surface area contributed by atoms with Crippen LogP contribution in [0, 0.1) is 19.8 Å². The first kappa shape index (κ1) is 17.7. The van der Waals surface area contributed by atoms with E-state index in [0.717, 1.165) is 53.9 Å². The van der Waals surface area contributed by atoms with Gasteiger partial charge >= 0.3 is 0 Å². The third-order valence-electron chi connectivity index (χ3n) is 5.20. The summed E-state index contributed by atoms with van der Waals surface area (Å²) in [6.07, 6.45) is 7.76. The maximum absolute atomic E-state index is 12.4. The first-order valence-electron chi connectivity index (χ1n) is 9.64. The topological polar surface area (TPSA) is 64.1 Å². The number of benzene rings is 1. The summed E-state index contributed by atoms with van der Waals surface area (Å²) in [5.41, 5.74) is 3.96. The first-order valence-corrected chi connectivity index (χ1v) is 9.64. The zero-order valence-corrected chi connectivity index (χ0v) is 15.9. The molecule has 1 aliphatic carbocycles. The third kappa shape index (κ3) is 3.87. The summed E-state index contributed by atoms with van der Waals surface area (Å²) in [7, 11) is 0. The molecule has 5 heteroatoms. The van der Waals surface area contributed by atoms with Crippen molar-refractivity contribution in [2.75, 3.05) is 6.54 Å². The molecule has 5 nitrogen and oxygen atoms in total. The van der Waals surface area contributed by atoms with Gasteiger partial charge in [-0.1, -0.05) is 24.3 Å². The Morgan fingerprint density at radius 3 is 2.78 bits per heavy atom. The Morgan fingerprint density at radius 2 is 2.04 bits per heavy atom. The van der Waals surface area contributed by atoms with Gasteiger partial charge in [0.15, 0.2) is 5.82 Å². The van der Waals surface area contributed by atoms with E-state index < -0.39 is 0 Å². The molecular weight excluding hydrogens is 338 g/mol. The van der Waals surface area contributed by atoms with Crippen LogP contribution in [0.2, 0.25) is 0 Å². The van der Waals surface area contributed by atoms with E-state index in [0.29, 0.717) is 12.4 Å². The standard InChI is InChI=1S/C22H25N3O2/c1-14-11-15(2)25-21(24-14)19-10-6-9-17-12-18(27-20(17)19)13-23-22(26)16-7-4-3-5-8-16/h3-4,6,9-11,16,18H,5,7-8,12-13H2,1-2H3,(H,23,26)/t16-,18+/m0/s1. The molecule has 0 saturated carbocycles. The number of aryl methyl sites for hydroxylation is 2. The number of allylic oxidation sites excluding steroid dienone is 2. The van der Waals surface area contributed by atoms with Crippen LogP contribution in [0.15, 0.2) is 36.4 Å². The van der Waals surface area contributed by atoms with Gasteiger partial charge in [0.1, 0.15) is 11.9 Å². The van der Waals surface area contributed by atoms with Crippen molar-refractivity contribution in [3.63, 3.8) is 0 Å². The van der Waals surface area contributed by atoms with Gasteiger partial charge in [0.25, 0.3) is 0 Å². The second-order valence-corrected chi connectivity index (χ2v) is 7.44. The van der Waals surface area contributed by atoms with Crippen molar-refractivity contribution in [2.45, 2.75) is 45.6 Å². The average molecular weight is 363 g/mol. The van der Waals surface area contributed by atoms with Crippen molar-refractivity contribution in [1.82, 2.24) is 15.3 Å². The minimum Gasteiger partial charge on any atom is -0.487 e. The van der Waals surface area contributed by atoms with Gasteiger partial charge in [-0.05, 0) is 50.8 Å². The molecule has 0 spiro atoms. The van der Waals surface area contributed by atoms with Crippen LogP contribution in [0.3, 0.4) is 0 Å². The number of hydrogen-bond donors (Lipinski definition) is 1. The van der Waals surface area contributed by atoms with Crippen LogP contribution in [0.4, 0.5) is 0 Å². The van der Waals surface area contributed by atoms with Crippen LogP contribution in [0.5, 0.6) is 5.75 Å². The molecule has 0 radical (unpaired) electrons. The quantitative estimate of drug-likeness (QED) is 0.844. The number of amides is 1. The van der Waals surface area contributed by atoms with E-state index in [1.165, 1.54) is 0 Å². The van der Waals surface area contributed by atoms with Crippen LogP contribution >= 0.6 is 0 Å². The Bertz CT molecular complexity index is 871. The van der Waals surface area contributed by atoms with E-state index in [9.17, 15) is 4.79 Å². The zero-order valence-electron chi connectivity index (χ0n) is 15.9. The Labute approximate surface area is 159 Å². The molecule has 0 bridgehead atoms. The highest BCUT2D eigenvalue weighted by molar-refractivity contribution is 5.79. The fraction of sp³-hybridized carbons (Fsp3) is 0.409. The summed E-state index contributed by atoms with van der Waals surface area (Å²) in [6, 6.07) is 8.07. The van der Waals surface area contributed by atoms with Crippen molar-refractivity contribution in [3.8, 4) is 17.1 Å². The van der Waals surface area contributed by atoms with Crippen LogP contribution in [0.25, 0.3) is 11.4 Å². The van der Waals surface area contributed by atoms with Crippen molar-refractivity contribution < 1.29 is 9.53 Å². The van der Waals surface area contributed by atoms with E-state index >= 15 is 0 Å². The lowest BCUT2D eigenvalue weighted by molar-refractivity contribution is -0.125. The van der Waals surface area contributed by atoms with E-state index in [4.69, 9.17) is 4.74 Å². The third-order valence-corrected chi connectivity index (χ3v) is 5.20. The van der Waals surface area contributed by atoms with Gasteiger partial charge in [-0.2, -0.15) is 0 Å². The summed E-state index contributed by atoms with van der Waals surface area (Å²) in [5, 5.41) is 3.08. The Kier molecular flexibility index (Phi) is 4.92. The van der Waals surface area contributed by atoms with Crippen LogP contribution in [0.1, 0.15) is 36.2 Å². The SMILES string of the molecule is Cc1cc(C)nc(-c2cccc3c2O[C@@H](CNC(=O)[C@H]2CC=CCC2)C3)n1. The molecule has 0 fully saturated rings. The van der Waals surface area contributed by atoms with Gasteiger partial charge in [0.05, 0.1) is 12.1 Å². The molecule has 2 heterocycles. The van der Waals surface area contributed by atoms with Gasteiger partial charge in [-0.3, -0.25) is 4.79 Å². The molecular formula is C22H25N3O2. The molecule has 140 valence electrons. The van der Waals surface area contributed by atoms with Gasteiger partial charge in [-0.25, -0.2) is 9.97 Å². The monoisotopic (exact) mass is 363 g/mol. The average Bonchev–Trinajstić information content (AvgIpc) is 3.09. The smallest absolute Gasteiger partial charge is 0.223 e. The van der Waals surface area contributed by atoms with E-state index in [1.807, 2.05) is 32.0 Å². The van der Waals surface area contributed by atoms with Gasteiger partial charge in [0.2, 0.25) is 5.91 Å². The maximum atomic E-state index is 12.4. The fourth-order valence-corrected chi connectivity index (χ4v) is 3.87. The summed E-state index contributed by atoms with van der Waals surface area (Å²) in [5.74, 6) is 1.78. The van der Waals surface area contributed by atoms with Crippen molar-refractivity contribution >= 4 is 5.91 Å². The molecule has 0 saturated heterocycles. The minimum atomic E-state index is -0.0462. The normalized spacial score (nSPS) is 20.8. The molecule has 1 amide bonds. The lowest BCUT2D eigenvalue weighted by atomic mass is 9.93. The Morgan fingerprint density at radius 1 is 1.22 bits per heavy atom. The number of aromatic nitrogens is 2.